The molecule has 2 aliphatic heterocycles. The minimum Gasteiger partial charge on any atom is -0.477 e. The number of aliphatic carboxylic acids is 1. The molecule has 2 rings (SSSR count). The molecule has 0 unspecified atom stereocenters. The third-order valence-electron chi connectivity index (χ3n) is 3.80. The maximum Gasteiger partial charge on any atom is 0.353 e. The van der Waals surface area contributed by atoms with Crippen molar-refractivity contribution in [3.8, 4) is 0 Å². The molecular formula is C14H18N2O6S. The number of β-lactam (4-membered cyclic amide) rings is 1. The number of carbonyl (C=O) groups is 3. The Hall–Kier alpha value is -2.00. The van der Waals surface area contributed by atoms with E-state index in [1.54, 1.807) is 0 Å². The molecule has 9 heteroatoms. The number of hydrogen-bond donors (Lipinski definition) is 3. The standard InChI is InChI=1S/C14H18N2O6S/c1-7(17)15-4-5-23(22)9-6-8-10(14(2,3)21)12(18)16(8)11(9)13(19)20/h4-5,8,10,21H,6H2,1-3H3,(H,15,17)(H,19,20)/t8-,10+,23+/m1/s1. The number of aliphatic hydroxyl groups is 1. The lowest BCUT2D eigenvalue weighted by molar-refractivity contribution is -0.169. The van der Waals surface area contributed by atoms with Crippen molar-refractivity contribution in [3.63, 3.8) is 0 Å². The minimum absolute atomic E-state index is 0.101. The van der Waals surface area contributed by atoms with Crippen LogP contribution in [0, 0.1) is 5.92 Å². The first kappa shape index (κ1) is 17.4. The summed E-state index contributed by atoms with van der Waals surface area (Å²) in [6.07, 6.45) is 1.29. The van der Waals surface area contributed by atoms with Crippen LogP contribution in [0.15, 0.2) is 22.2 Å². The summed E-state index contributed by atoms with van der Waals surface area (Å²) < 4.78 is 12.3. The molecule has 1 fully saturated rings. The molecule has 2 heterocycles. The van der Waals surface area contributed by atoms with Crippen LogP contribution in [0.4, 0.5) is 0 Å². The van der Waals surface area contributed by atoms with E-state index < -0.39 is 40.2 Å². The number of fused-ring (bicyclic) bond motifs is 1. The van der Waals surface area contributed by atoms with Gasteiger partial charge in [0.1, 0.15) is 5.70 Å². The molecule has 0 aliphatic carbocycles. The topological polar surface area (TPSA) is 124 Å². The Bertz CT molecular complexity index is 661. The van der Waals surface area contributed by atoms with Gasteiger partial charge in [-0.15, -0.1) is 0 Å². The van der Waals surface area contributed by atoms with Crippen molar-refractivity contribution in [3.05, 3.63) is 22.2 Å². The van der Waals surface area contributed by atoms with E-state index in [0.29, 0.717) is 0 Å². The lowest BCUT2D eigenvalue weighted by Gasteiger charge is -2.48. The molecule has 0 bridgehead atoms. The monoisotopic (exact) mass is 342 g/mol. The normalized spacial score (nSPS) is 25.4. The third-order valence-corrected chi connectivity index (χ3v) is 5.03. The van der Waals surface area contributed by atoms with Crippen molar-refractivity contribution in [2.24, 2.45) is 5.92 Å². The highest BCUT2D eigenvalue weighted by Gasteiger charge is 2.60. The number of carbonyl (C=O) groups excluding carboxylic acids is 2. The molecule has 3 atom stereocenters. The van der Waals surface area contributed by atoms with E-state index in [4.69, 9.17) is 0 Å². The summed E-state index contributed by atoms with van der Waals surface area (Å²) in [5, 5.41) is 22.9. The first-order valence-electron chi connectivity index (χ1n) is 6.92. The maximum atomic E-state index is 12.3. The molecule has 2 aliphatic rings. The average Bonchev–Trinajstić information content (AvgIpc) is 2.71. The van der Waals surface area contributed by atoms with Crippen molar-refractivity contribution in [2.45, 2.75) is 38.8 Å². The summed E-state index contributed by atoms with van der Waals surface area (Å²) in [6.45, 7) is 4.25. The van der Waals surface area contributed by atoms with Gasteiger partial charge in [-0.1, -0.05) is 0 Å². The molecule has 8 nitrogen and oxygen atoms in total. The number of hydrogen-bond acceptors (Lipinski definition) is 5. The van der Waals surface area contributed by atoms with Gasteiger partial charge < -0.3 is 20.4 Å². The van der Waals surface area contributed by atoms with Crippen LogP contribution in [0.3, 0.4) is 0 Å². The van der Waals surface area contributed by atoms with Crippen molar-refractivity contribution < 1.29 is 28.8 Å². The fourth-order valence-corrected chi connectivity index (χ4v) is 3.99. The van der Waals surface area contributed by atoms with Crippen molar-refractivity contribution >= 4 is 28.6 Å². The molecule has 0 saturated carbocycles. The molecule has 0 aromatic rings. The van der Waals surface area contributed by atoms with Gasteiger partial charge in [-0.3, -0.25) is 9.59 Å². The Balaban J connectivity index is 2.28. The third kappa shape index (κ3) is 3.06. The average molecular weight is 342 g/mol. The van der Waals surface area contributed by atoms with E-state index in [2.05, 4.69) is 5.32 Å². The molecule has 0 spiro atoms. The number of nitrogens with one attached hydrogen (secondary N) is 1. The summed E-state index contributed by atoms with van der Waals surface area (Å²) in [7, 11) is -1.79. The highest BCUT2D eigenvalue weighted by atomic mass is 32.2. The number of rotatable bonds is 5. The Labute approximate surface area is 135 Å². The predicted molar refractivity (Wildman–Crippen MR) is 80.8 cm³/mol. The van der Waals surface area contributed by atoms with Crippen LogP contribution >= 0.6 is 0 Å². The van der Waals surface area contributed by atoms with Crippen molar-refractivity contribution in [1.29, 1.82) is 0 Å². The van der Waals surface area contributed by atoms with Crippen LogP contribution in [0.25, 0.3) is 0 Å². The van der Waals surface area contributed by atoms with Gasteiger partial charge in [0.2, 0.25) is 11.8 Å². The second-order valence-electron chi connectivity index (χ2n) is 5.99. The molecule has 2 amide bonds. The van der Waals surface area contributed by atoms with Gasteiger partial charge in [0.25, 0.3) is 0 Å². The number of carboxylic acids is 1. The molecule has 0 radical (unpaired) electrons. The van der Waals surface area contributed by atoms with Crippen LogP contribution < -0.4 is 5.32 Å². The number of carboxylic acid groups (broad SMARTS) is 1. The molecule has 23 heavy (non-hydrogen) atoms. The fraction of sp³-hybridized carbons (Fsp3) is 0.500. The zero-order chi connectivity index (χ0) is 17.5. The Morgan fingerprint density at radius 3 is 2.52 bits per heavy atom. The van der Waals surface area contributed by atoms with Crippen LogP contribution in [-0.2, 0) is 25.2 Å². The molecule has 3 N–H and O–H groups in total. The predicted octanol–water partition coefficient (Wildman–Crippen LogP) is -0.360. The van der Waals surface area contributed by atoms with Gasteiger partial charge in [-0.25, -0.2) is 9.00 Å². The van der Waals surface area contributed by atoms with E-state index in [1.807, 2.05) is 0 Å². The van der Waals surface area contributed by atoms with Crippen LogP contribution in [0.5, 0.6) is 0 Å². The summed E-state index contributed by atoms with van der Waals surface area (Å²) >= 11 is 0. The van der Waals surface area contributed by atoms with E-state index in [-0.39, 0.29) is 22.9 Å². The van der Waals surface area contributed by atoms with E-state index in [1.165, 1.54) is 27.0 Å². The largest absolute Gasteiger partial charge is 0.477 e. The molecule has 126 valence electrons. The summed E-state index contributed by atoms with van der Waals surface area (Å²) in [4.78, 5) is 35.6. The van der Waals surface area contributed by atoms with Gasteiger partial charge in [0, 0.05) is 25.0 Å². The van der Waals surface area contributed by atoms with Gasteiger partial charge in [0.15, 0.2) is 0 Å². The fourth-order valence-electron chi connectivity index (χ4n) is 2.92. The van der Waals surface area contributed by atoms with Gasteiger partial charge in [0.05, 0.1) is 33.3 Å². The second-order valence-corrected chi connectivity index (χ2v) is 7.35. The van der Waals surface area contributed by atoms with Crippen LogP contribution in [0.2, 0.25) is 0 Å². The van der Waals surface area contributed by atoms with Crippen LogP contribution in [0.1, 0.15) is 27.2 Å². The zero-order valence-electron chi connectivity index (χ0n) is 12.9. The Kier molecular flexibility index (Phi) is 4.45. The molecule has 0 aromatic heterocycles. The maximum absolute atomic E-state index is 12.3. The summed E-state index contributed by atoms with van der Waals surface area (Å²) in [5.41, 5.74) is -1.59. The number of amides is 2. The molecule has 1 saturated heterocycles. The highest BCUT2D eigenvalue weighted by Crippen LogP contribution is 2.47. The van der Waals surface area contributed by atoms with Gasteiger partial charge in [-0.05, 0) is 13.8 Å². The van der Waals surface area contributed by atoms with E-state index in [9.17, 15) is 28.8 Å². The van der Waals surface area contributed by atoms with Gasteiger partial charge in [-0.2, -0.15) is 0 Å². The SMILES string of the molecule is CC(=O)NC=C[S@](=O)C1=C(C(=O)O)N2C(=O)[C@@H](C(C)(C)O)[C@H]2C1. The van der Waals surface area contributed by atoms with E-state index >= 15 is 0 Å². The first-order valence-corrected chi connectivity index (χ1v) is 8.13. The zero-order valence-corrected chi connectivity index (χ0v) is 13.7. The lowest BCUT2D eigenvalue weighted by atomic mass is 9.76. The first-order chi connectivity index (χ1) is 10.6. The van der Waals surface area contributed by atoms with Crippen molar-refractivity contribution in [2.75, 3.05) is 0 Å². The Morgan fingerprint density at radius 2 is 2.04 bits per heavy atom. The van der Waals surface area contributed by atoms with E-state index in [0.717, 1.165) is 10.3 Å². The Morgan fingerprint density at radius 1 is 1.43 bits per heavy atom. The smallest absolute Gasteiger partial charge is 0.353 e. The quantitative estimate of drug-likeness (QED) is 0.586. The lowest BCUT2D eigenvalue weighted by Crippen LogP contribution is -2.65. The molecule has 0 aromatic carbocycles. The van der Waals surface area contributed by atoms with Crippen molar-refractivity contribution in [1.82, 2.24) is 10.2 Å². The van der Waals surface area contributed by atoms with Gasteiger partial charge >= 0.3 is 5.97 Å². The number of nitrogens with zero attached hydrogens (tertiary/aromatic N) is 1. The highest BCUT2D eigenvalue weighted by molar-refractivity contribution is 7.91. The molecular weight excluding hydrogens is 324 g/mol. The van der Waals surface area contributed by atoms with Crippen LogP contribution in [-0.4, -0.2) is 48.7 Å². The summed E-state index contributed by atoms with van der Waals surface area (Å²) in [6, 6.07) is -0.512. The summed E-state index contributed by atoms with van der Waals surface area (Å²) in [5.74, 6) is -2.91. The second kappa shape index (κ2) is 5.89. The minimum atomic E-state index is -1.79.